The van der Waals surface area contributed by atoms with Crippen molar-refractivity contribution in [1.29, 1.82) is 0 Å². The molecular weight excluding hydrogens is 211 g/mol. The summed E-state index contributed by atoms with van der Waals surface area (Å²) in [5, 5.41) is 0.237. The third-order valence-corrected chi connectivity index (χ3v) is 3.15. The van der Waals surface area contributed by atoms with E-state index >= 15 is 0 Å². The van der Waals surface area contributed by atoms with Crippen molar-refractivity contribution in [3.63, 3.8) is 0 Å². The molecule has 0 aliphatic heterocycles. The fourth-order valence-corrected chi connectivity index (χ4v) is 2.27. The Hall–Kier alpha value is -0.820. The molecule has 1 aliphatic rings. The van der Waals surface area contributed by atoms with Crippen LogP contribution in [0.4, 0.5) is 4.39 Å². The maximum Gasteiger partial charge on any atom is 0.145 e. The molecule has 0 heterocycles. The van der Waals surface area contributed by atoms with Gasteiger partial charge >= 0.3 is 0 Å². The van der Waals surface area contributed by atoms with E-state index in [0.717, 1.165) is 36.8 Å². The van der Waals surface area contributed by atoms with Crippen LogP contribution in [0.25, 0.3) is 6.08 Å². The van der Waals surface area contributed by atoms with Crippen LogP contribution in [0.3, 0.4) is 0 Å². The molecule has 15 heavy (non-hydrogen) atoms. The summed E-state index contributed by atoms with van der Waals surface area (Å²) in [4.78, 5) is 0. The van der Waals surface area contributed by atoms with Gasteiger partial charge in [0.15, 0.2) is 0 Å². The van der Waals surface area contributed by atoms with Crippen LogP contribution in [0.1, 0.15) is 37.3 Å². The maximum atomic E-state index is 13.6. The van der Waals surface area contributed by atoms with Crippen LogP contribution in [0.5, 0.6) is 0 Å². The van der Waals surface area contributed by atoms with Gasteiger partial charge in [-0.1, -0.05) is 42.7 Å². The highest BCUT2D eigenvalue weighted by atomic mass is 35.5. The first-order valence-corrected chi connectivity index (χ1v) is 5.76. The summed E-state index contributed by atoms with van der Waals surface area (Å²) in [6.45, 7) is 2.17. The molecule has 1 aliphatic carbocycles. The highest BCUT2D eigenvalue weighted by Gasteiger charge is 2.15. The summed E-state index contributed by atoms with van der Waals surface area (Å²) in [7, 11) is 0. The number of fused-ring (bicyclic) bond motifs is 1. The van der Waals surface area contributed by atoms with Crippen molar-refractivity contribution in [3.05, 3.63) is 39.7 Å². The lowest BCUT2D eigenvalue weighted by molar-refractivity contribution is 0.605. The number of hydrogen-bond acceptors (Lipinski definition) is 0. The minimum atomic E-state index is -0.235. The minimum absolute atomic E-state index is 0.235. The lowest BCUT2D eigenvalue weighted by Crippen LogP contribution is -2.02. The average Bonchev–Trinajstić information content (AvgIpc) is 2.24. The smallest absolute Gasteiger partial charge is 0.145 e. The molecule has 0 atom stereocenters. The van der Waals surface area contributed by atoms with Gasteiger partial charge in [0.05, 0.1) is 5.02 Å². The van der Waals surface area contributed by atoms with Gasteiger partial charge < -0.3 is 0 Å². The number of rotatable bonds is 2. The van der Waals surface area contributed by atoms with E-state index in [9.17, 15) is 4.39 Å². The van der Waals surface area contributed by atoms with Gasteiger partial charge in [-0.2, -0.15) is 0 Å². The molecule has 0 bridgehead atoms. The van der Waals surface area contributed by atoms with Gasteiger partial charge in [0.25, 0.3) is 0 Å². The van der Waals surface area contributed by atoms with Gasteiger partial charge in [0.2, 0.25) is 0 Å². The van der Waals surface area contributed by atoms with E-state index < -0.39 is 0 Å². The van der Waals surface area contributed by atoms with Gasteiger partial charge in [-0.05, 0) is 36.5 Å². The Labute approximate surface area is 94.8 Å². The zero-order chi connectivity index (χ0) is 10.8. The molecule has 80 valence electrons. The maximum absolute atomic E-state index is 13.6. The van der Waals surface area contributed by atoms with Crippen LogP contribution in [0.15, 0.2) is 17.7 Å². The largest absolute Gasteiger partial charge is 0.205 e. The summed E-state index contributed by atoms with van der Waals surface area (Å²) < 4.78 is 13.6. The molecule has 0 saturated heterocycles. The zero-order valence-electron chi connectivity index (χ0n) is 8.82. The second kappa shape index (κ2) is 4.36. The number of hydrogen-bond donors (Lipinski definition) is 0. The molecule has 1 aromatic carbocycles. The summed E-state index contributed by atoms with van der Waals surface area (Å²) in [5.74, 6) is -0.235. The minimum Gasteiger partial charge on any atom is -0.205 e. The van der Waals surface area contributed by atoms with Crippen molar-refractivity contribution in [2.24, 2.45) is 0 Å². The number of allylic oxidation sites excluding steroid dienone is 1. The Bertz CT molecular complexity index is 407. The third kappa shape index (κ3) is 2.07. The van der Waals surface area contributed by atoms with Gasteiger partial charge in [-0.25, -0.2) is 4.39 Å². The van der Waals surface area contributed by atoms with Crippen LogP contribution < -0.4 is 0 Å². The van der Waals surface area contributed by atoms with Crippen molar-refractivity contribution in [1.82, 2.24) is 0 Å². The molecule has 0 amide bonds. The molecule has 0 fully saturated rings. The Balaban J connectivity index is 2.40. The van der Waals surface area contributed by atoms with Gasteiger partial charge in [-0.3, -0.25) is 0 Å². The van der Waals surface area contributed by atoms with Crippen molar-refractivity contribution in [2.75, 3.05) is 0 Å². The van der Waals surface area contributed by atoms with Crippen molar-refractivity contribution in [3.8, 4) is 0 Å². The van der Waals surface area contributed by atoms with Crippen LogP contribution in [0, 0.1) is 5.82 Å². The predicted octanol–water partition coefficient (Wildman–Crippen LogP) is 4.61. The predicted molar refractivity (Wildman–Crippen MR) is 62.6 cm³/mol. The first kappa shape index (κ1) is 10.7. The summed E-state index contributed by atoms with van der Waals surface area (Å²) in [6, 6.07) is 3.55. The molecule has 0 aromatic heterocycles. The SMILES string of the molecule is CCCC1=Cc2ccc(Cl)c(F)c2CC1. The molecule has 2 heteroatoms. The summed E-state index contributed by atoms with van der Waals surface area (Å²) >= 11 is 5.75. The Kier molecular flexibility index (Phi) is 3.11. The summed E-state index contributed by atoms with van der Waals surface area (Å²) in [5.41, 5.74) is 3.21. The van der Waals surface area contributed by atoms with E-state index in [1.54, 1.807) is 6.07 Å². The molecule has 1 aromatic rings. The standard InChI is InChI=1S/C13H14ClF/c1-2-3-9-4-6-11-10(8-9)5-7-12(14)13(11)15/h5,7-8H,2-4,6H2,1H3. The normalized spacial score (nSPS) is 14.7. The van der Waals surface area contributed by atoms with Crippen molar-refractivity contribution < 1.29 is 4.39 Å². The third-order valence-electron chi connectivity index (χ3n) is 2.86. The topological polar surface area (TPSA) is 0 Å². The van der Waals surface area contributed by atoms with E-state index in [0.29, 0.717) is 0 Å². The second-order valence-electron chi connectivity index (χ2n) is 3.98. The van der Waals surface area contributed by atoms with Crippen molar-refractivity contribution >= 4 is 17.7 Å². The lowest BCUT2D eigenvalue weighted by Gasteiger charge is -2.17. The molecule has 0 unspecified atom stereocenters. The molecule has 0 spiro atoms. The van der Waals surface area contributed by atoms with Crippen molar-refractivity contribution in [2.45, 2.75) is 32.6 Å². The van der Waals surface area contributed by atoms with Gasteiger partial charge in [0, 0.05) is 0 Å². The van der Waals surface area contributed by atoms with Crippen LogP contribution in [-0.4, -0.2) is 0 Å². The zero-order valence-corrected chi connectivity index (χ0v) is 9.57. The quantitative estimate of drug-likeness (QED) is 0.688. The highest BCUT2D eigenvalue weighted by molar-refractivity contribution is 6.30. The van der Waals surface area contributed by atoms with Crippen LogP contribution in [0.2, 0.25) is 5.02 Å². The molecule has 0 nitrogen and oxygen atoms in total. The molecule has 0 radical (unpaired) electrons. The number of benzene rings is 1. The van der Waals surface area contributed by atoms with Crippen LogP contribution >= 0.6 is 11.6 Å². The molecule has 2 rings (SSSR count). The number of halogens is 2. The van der Waals surface area contributed by atoms with Crippen LogP contribution in [-0.2, 0) is 6.42 Å². The molecular formula is C13H14ClF. The van der Waals surface area contributed by atoms with E-state index in [2.05, 4.69) is 13.0 Å². The van der Waals surface area contributed by atoms with E-state index in [1.807, 2.05) is 6.07 Å². The van der Waals surface area contributed by atoms with E-state index in [-0.39, 0.29) is 10.8 Å². The second-order valence-corrected chi connectivity index (χ2v) is 4.39. The average molecular weight is 225 g/mol. The first-order valence-electron chi connectivity index (χ1n) is 5.38. The Morgan fingerprint density at radius 1 is 1.33 bits per heavy atom. The Morgan fingerprint density at radius 3 is 2.87 bits per heavy atom. The lowest BCUT2D eigenvalue weighted by atomic mass is 9.90. The van der Waals surface area contributed by atoms with Gasteiger partial charge in [-0.15, -0.1) is 0 Å². The van der Waals surface area contributed by atoms with Gasteiger partial charge in [0.1, 0.15) is 5.82 Å². The first-order chi connectivity index (χ1) is 7.22. The van der Waals surface area contributed by atoms with E-state index in [4.69, 9.17) is 11.6 Å². The fourth-order valence-electron chi connectivity index (χ4n) is 2.09. The highest BCUT2D eigenvalue weighted by Crippen LogP contribution is 2.31. The molecule has 0 saturated carbocycles. The summed E-state index contributed by atoms with van der Waals surface area (Å²) in [6.07, 6.45) is 6.13. The monoisotopic (exact) mass is 224 g/mol. The fraction of sp³-hybridized carbons (Fsp3) is 0.385. The Morgan fingerprint density at radius 2 is 2.13 bits per heavy atom. The van der Waals surface area contributed by atoms with E-state index in [1.165, 1.54) is 5.57 Å². The molecule has 0 N–H and O–H groups in total.